The first-order valence-electron chi connectivity index (χ1n) is 5.77. The van der Waals surface area contributed by atoms with Gasteiger partial charge in [0.2, 0.25) is 5.91 Å². The molecule has 2 aliphatic heterocycles. The van der Waals surface area contributed by atoms with Crippen LogP contribution in [0.2, 0.25) is 0 Å². The predicted molar refractivity (Wildman–Crippen MR) is 74.5 cm³/mol. The van der Waals surface area contributed by atoms with Crippen LogP contribution in [0.3, 0.4) is 0 Å². The van der Waals surface area contributed by atoms with Gasteiger partial charge in [-0.2, -0.15) is 0 Å². The Bertz CT molecular complexity index is 606. The number of fused-ring (bicyclic) bond motifs is 1. The fraction of sp³-hybridized carbons (Fsp3) is 0.0769. The molecule has 0 saturated heterocycles. The Balaban J connectivity index is 2.08. The lowest BCUT2D eigenvalue weighted by Crippen LogP contribution is -2.41. The molecular weight excluding hydrogens is 264 g/mol. The smallest absolute Gasteiger partial charge is 0.246 e. The number of amides is 1. The first-order chi connectivity index (χ1) is 9.24. The molecule has 2 aliphatic rings. The highest BCUT2D eigenvalue weighted by Gasteiger charge is 2.24. The molecule has 1 aromatic carbocycles. The average Bonchev–Trinajstić information content (AvgIpc) is 2.59. The zero-order valence-corrected chi connectivity index (χ0v) is 10.7. The normalized spacial score (nSPS) is 18.3. The van der Waals surface area contributed by atoms with E-state index in [2.05, 4.69) is 15.6 Å². The molecule has 19 heavy (non-hydrogen) atoms. The Morgan fingerprint density at radius 1 is 1.26 bits per heavy atom. The molecule has 2 heterocycles. The minimum atomic E-state index is -0.136. The SMILES string of the molecule is O=C1CN=C2C(=CNC(Cl)=CN2c2ccccc2)N1. The zero-order chi connectivity index (χ0) is 13.2. The average molecular weight is 275 g/mol. The van der Waals surface area contributed by atoms with Gasteiger partial charge in [-0.05, 0) is 12.1 Å². The minimum Gasteiger partial charge on any atom is -0.349 e. The molecule has 6 heteroatoms. The molecule has 2 N–H and O–H groups in total. The summed E-state index contributed by atoms with van der Waals surface area (Å²) in [5.41, 5.74) is 1.53. The molecule has 0 radical (unpaired) electrons. The third kappa shape index (κ3) is 2.32. The van der Waals surface area contributed by atoms with Crippen molar-refractivity contribution in [3.63, 3.8) is 0 Å². The van der Waals surface area contributed by atoms with E-state index in [-0.39, 0.29) is 12.5 Å². The van der Waals surface area contributed by atoms with Crippen LogP contribution < -0.4 is 15.5 Å². The molecule has 3 rings (SSSR count). The maximum atomic E-state index is 11.4. The number of halogens is 1. The summed E-state index contributed by atoms with van der Waals surface area (Å²) in [6.07, 6.45) is 3.37. The van der Waals surface area contributed by atoms with E-state index in [4.69, 9.17) is 11.6 Å². The van der Waals surface area contributed by atoms with Gasteiger partial charge in [-0.25, -0.2) is 0 Å². The second kappa shape index (κ2) is 4.78. The Labute approximate surface area is 115 Å². The van der Waals surface area contributed by atoms with E-state index >= 15 is 0 Å². The minimum absolute atomic E-state index is 0.113. The highest BCUT2D eigenvalue weighted by molar-refractivity contribution is 6.30. The molecule has 0 aliphatic carbocycles. The fourth-order valence-corrected chi connectivity index (χ4v) is 2.07. The van der Waals surface area contributed by atoms with E-state index < -0.39 is 0 Å². The Hall–Kier alpha value is -2.27. The van der Waals surface area contributed by atoms with Crippen LogP contribution in [0.4, 0.5) is 5.69 Å². The number of para-hydroxylation sites is 1. The number of rotatable bonds is 1. The second-order valence-corrected chi connectivity index (χ2v) is 4.48. The number of nitrogens with zero attached hydrogens (tertiary/aromatic N) is 2. The van der Waals surface area contributed by atoms with Gasteiger partial charge in [0.25, 0.3) is 0 Å². The molecule has 0 unspecified atom stereocenters. The van der Waals surface area contributed by atoms with Gasteiger partial charge in [0.05, 0.1) is 0 Å². The molecule has 0 spiro atoms. The lowest BCUT2D eigenvalue weighted by atomic mass is 10.2. The summed E-state index contributed by atoms with van der Waals surface area (Å²) in [5.74, 6) is 0.525. The molecule has 0 bridgehead atoms. The summed E-state index contributed by atoms with van der Waals surface area (Å²) in [6, 6.07) is 9.69. The largest absolute Gasteiger partial charge is 0.349 e. The summed E-state index contributed by atoms with van der Waals surface area (Å²) in [7, 11) is 0. The Kier molecular flexibility index (Phi) is 2.97. The molecule has 96 valence electrons. The molecule has 0 aromatic heterocycles. The van der Waals surface area contributed by atoms with Crippen molar-refractivity contribution in [1.29, 1.82) is 0 Å². The van der Waals surface area contributed by atoms with Crippen molar-refractivity contribution >= 4 is 29.0 Å². The third-order valence-corrected chi connectivity index (χ3v) is 2.95. The van der Waals surface area contributed by atoms with Gasteiger partial charge in [0, 0.05) is 18.1 Å². The van der Waals surface area contributed by atoms with E-state index in [1.165, 1.54) is 0 Å². The number of carbonyl (C=O) groups excluding carboxylic acids is 1. The number of hydrogen-bond acceptors (Lipinski definition) is 4. The number of aliphatic imine (C=N–C) groups is 1. The van der Waals surface area contributed by atoms with Gasteiger partial charge in [0.1, 0.15) is 17.4 Å². The topological polar surface area (TPSA) is 56.7 Å². The monoisotopic (exact) mass is 274 g/mol. The third-order valence-electron chi connectivity index (χ3n) is 2.75. The van der Waals surface area contributed by atoms with Gasteiger partial charge in [-0.1, -0.05) is 29.8 Å². The highest BCUT2D eigenvalue weighted by Crippen LogP contribution is 2.21. The second-order valence-electron chi connectivity index (χ2n) is 4.07. The van der Waals surface area contributed by atoms with Gasteiger partial charge < -0.3 is 10.6 Å². The van der Waals surface area contributed by atoms with Crippen LogP contribution >= 0.6 is 11.6 Å². The van der Waals surface area contributed by atoms with Crippen LogP contribution in [-0.2, 0) is 4.79 Å². The molecule has 0 fully saturated rings. The summed E-state index contributed by atoms with van der Waals surface area (Å²) in [6.45, 7) is 0.113. The number of hydrogen-bond donors (Lipinski definition) is 2. The van der Waals surface area contributed by atoms with Crippen molar-refractivity contribution in [1.82, 2.24) is 10.6 Å². The fourth-order valence-electron chi connectivity index (χ4n) is 1.92. The molecule has 0 atom stereocenters. The van der Waals surface area contributed by atoms with Crippen molar-refractivity contribution in [3.8, 4) is 0 Å². The lowest BCUT2D eigenvalue weighted by Gasteiger charge is -2.25. The van der Waals surface area contributed by atoms with E-state index in [0.717, 1.165) is 5.69 Å². The first kappa shape index (κ1) is 11.8. The quantitative estimate of drug-likeness (QED) is 0.763. The Morgan fingerprint density at radius 2 is 2.05 bits per heavy atom. The number of amidine groups is 1. The lowest BCUT2D eigenvalue weighted by molar-refractivity contribution is -0.119. The first-order valence-corrected chi connectivity index (χ1v) is 6.15. The number of nitrogens with one attached hydrogen (secondary N) is 2. The van der Waals surface area contributed by atoms with E-state index in [1.54, 1.807) is 12.4 Å². The van der Waals surface area contributed by atoms with Crippen molar-refractivity contribution < 1.29 is 4.79 Å². The van der Waals surface area contributed by atoms with Crippen LogP contribution in [0, 0.1) is 0 Å². The summed E-state index contributed by atoms with van der Waals surface area (Å²) in [5, 5.41) is 6.11. The van der Waals surface area contributed by atoms with Crippen molar-refractivity contribution in [3.05, 3.63) is 53.6 Å². The van der Waals surface area contributed by atoms with E-state index in [0.29, 0.717) is 16.7 Å². The zero-order valence-electron chi connectivity index (χ0n) is 9.93. The van der Waals surface area contributed by atoms with E-state index in [1.807, 2.05) is 35.2 Å². The van der Waals surface area contributed by atoms with Crippen LogP contribution in [0.25, 0.3) is 0 Å². The predicted octanol–water partition coefficient (Wildman–Crippen LogP) is 1.50. The summed E-state index contributed by atoms with van der Waals surface area (Å²) in [4.78, 5) is 17.5. The molecule has 1 aromatic rings. The van der Waals surface area contributed by atoms with Crippen LogP contribution in [0.1, 0.15) is 0 Å². The van der Waals surface area contributed by atoms with Crippen LogP contribution in [-0.4, -0.2) is 18.3 Å². The van der Waals surface area contributed by atoms with Crippen LogP contribution in [0.15, 0.2) is 58.6 Å². The Morgan fingerprint density at radius 3 is 2.84 bits per heavy atom. The molecule has 5 nitrogen and oxygen atoms in total. The van der Waals surface area contributed by atoms with Crippen molar-refractivity contribution in [2.24, 2.45) is 4.99 Å². The maximum Gasteiger partial charge on any atom is 0.246 e. The summed E-state index contributed by atoms with van der Waals surface area (Å²) < 4.78 is 0. The van der Waals surface area contributed by atoms with Gasteiger partial charge in [-0.15, -0.1) is 0 Å². The molecule has 0 saturated carbocycles. The summed E-state index contributed by atoms with van der Waals surface area (Å²) >= 11 is 6.06. The number of carbonyl (C=O) groups is 1. The molecule has 1 amide bonds. The van der Waals surface area contributed by atoms with Gasteiger partial charge in [0.15, 0.2) is 5.84 Å². The van der Waals surface area contributed by atoms with Gasteiger partial charge >= 0.3 is 0 Å². The van der Waals surface area contributed by atoms with Gasteiger partial charge in [-0.3, -0.25) is 14.7 Å². The van der Waals surface area contributed by atoms with E-state index in [9.17, 15) is 4.79 Å². The van der Waals surface area contributed by atoms with Crippen molar-refractivity contribution in [2.75, 3.05) is 11.4 Å². The maximum absolute atomic E-state index is 11.4. The van der Waals surface area contributed by atoms with Crippen molar-refractivity contribution in [2.45, 2.75) is 0 Å². The standard InChI is InChI=1S/C13H11ClN4O/c14-11-8-18(9-4-2-1-3-5-9)13-10(6-15-11)17-12(19)7-16-13/h1-6,8,15H,7H2,(H,17,19). The molecular formula is C13H11ClN4O. The highest BCUT2D eigenvalue weighted by atomic mass is 35.5. The number of benzene rings is 1. The number of anilines is 1. The van der Waals surface area contributed by atoms with Crippen LogP contribution in [0.5, 0.6) is 0 Å².